The standard InChI is InChI=1S/C47H84O4/c1-3-5-7-9-11-13-15-17-18-19-20-21-22-23-24-25-26-27-28-29-31-33-35-37-39-41-43-50-45-46(44-48)51-47(49)42-40-38-36-34-32-30-16-14-12-10-8-6-4-2/h6,8,12,14-15,17,19-20,30,32,46,48H,3-5,7,9-11,13,16,18,21-29,31,33-45H2,1-2H3/b8-6-,14-12-,17-15-,20-19-,32-30-. The maximum absolute atomic E-state index is 12.2. The highest BCUT2D eigenvalue weighted by molar-refractivity contribution is 5.69. The van der Waals surface area contributed by atoms with Crippen molar-refractivity contribution in [2.75, 3.05) is 19.8 Å². The molecular weight excluding hydrogens is 629 g/mol. The molecule has 0 aliphatic heterocycles. The molecule has 0 bridgehead atoms. The Morgan fingerprint density at radius 2 is 0.882 bits per heavy atom. The Hall–Kier alpha value is -1.91. The van der Waals surface area contributed by atoms with Crippen molar-refractivity contribution in [2.45, 2.75) is 213 Å². The van der Waals surface area contributed by atoms with E-state index in [0.717, 1.165) is 57.8 Å². The third-order valence-corrected chi connectivity index (χ3v) is 9.33. The van der Waals surface area contributed by atoms with Gasteiger partial charge in [-0.1, -0.05) is 184 Å². The number of esters is 1. The zero-order valence-corrected chi connectivity index (χ0v) is 33.9. The third-order valence-electron chi connectivity index (χ3n) is 9.33. The number of aliphatic hydroxyl groups excluding tert-OH is 1. The Balaban J connectivity index is 3.41. The molecule has 51 heavy (non-hydrogen) atoms. The number of aliphatic hydroxyl groups is 1. The van der Waals surface area contributed by atoms with Crippen LogP contribution in [0.3, 0.4) is 0 Å². The highest BCUT2D eigenvalue weighted by Gasteiger charge is 2.13. The van der Waals surface area contributed by atoms with Crippen molar-refractivity contribution in [3.63, 3.8) is 0 Å². The number of unbranched alkanes of at least 4 members (excludes halogenated alkanes) is 22. The predicted molar refractivity (Wildman–Crippen MR) is 223 cm³/mol. The van der Waals surface area contributed by atoms with Gasteiger partial charge in [0.05, 0.1) is 13.2 Å². The molecule has 0 saturated heterocycles. The summed E-state index contributed by atoms with van der Waals surface area (Å²) in [7, 11) is 0. The number of hydrogen-bond donors (Lipinski definition) is 1. The van der Waals surface area contributed by atoms with Gasteiger partial charge < -0.3 is 14.6 Å². The lowest BCUT2D eigenvalue weighted by Crippen LogP contribution is -2.27. The van der Waals surface area contributed by atoms with Crippen molar-refractivity contribution >= 4 is 5.97 Å². The normalized spacial score (nSPS) is 12.9. The molecule has 1 N–H and O–H groups in total. The molecule has 0 radical (unpaired) electrons. The Kier molecular flexibility index (Phi) is 42.6. The molecule has 0 rings (SSSR count). The lowest BCUT2D eigenvalue weighted by atomic mass is 10.0. The van der Waals surface area contributed by atoms with Gasteiger partial charge in [-0.2, -0.15) is 0 Å². The van der Waals surface area contributed by atoms with E-state index in [9.17, 15) is 9.90 Å². The van der Waals surface area contributed by atoms with Crippen molar-refractivity contribution in [1.29, 1.82) is 0 Å². The van der Waals surface area contributed by atoms with Gasteiger partial charge in [0.25, 0.3) is 0 Å². The average Bonchev–Trinajstić information content (AvgIpc) is 3.14. The van der Waals surface area contributed by atoms with Gasteiger partial charge in [-0.05, 0) is 77.0 Å². The van der Waals surface area contributed by atoms with Crippen LogP contribution in [-0.4, -0.2) is 37.0 Å². The molecule has 0 aromatic heterocycles. The van der Waals surface area contributed by atoms with E-state index in [1.54, 1.807) is 0 Å². The first-order valence-electron chi connectivity index (χ1n) is 21.9. The van der Waals surface area contributed by atoms with E-state index in [4.69, 9.17) is 9.47 Å². The first-order valence-corrected chi connectivity index (χ1v) is 21.9. The molecule has 0 amide bonds. The molecule has 0 fully saturated rings. The van der Waals surface area contributed by atoms with Gasteiger partial charge in [0.2, 0.25) is 0 Å². The zero-order valence-electron chi connectivity index (χ0n) is 33.9. The number of ether oxygens (including phenoxy) is 2. The molecule has 4 heteroatoms. The van der Waals surface area contributed by atoms with Crippen LogP contribution in [0.25, 0.3) is 0 Å². The second kappa shape index (κ2) is 44.3. The summed E-state index contributed by atoms with van der Waals surface area (Å²) in [6.07, 6.45) is 58.7. The molecule has 0 aromatic rings. The largest absolute Gasteiger partial charge is 0.457 e. The fraction of sp³-hybridized carbons (Fsp3) is 0.766. The van der Waals surface area contributed by atoms with Crippen molar-refractivity contribution in [3.8, 4) is 0 Å². The molecule has 0 aromatic carbocycles. The molecule has 4 nitrogen and oxygen atoms in total. The minimum Gasteiger partial charge on any atom is -0.457 e. The summed E-state index contributed by atoms with van der Waals surface area (Å²) < 4.78 is 11.1. The molecule has 296 valence electrons. The Labute approximate surface area is 317 Å². The summed E-state index contributed by atoms with van der Waals surface area (Å²) >= 11 is 0. The fourth-order valence-corrected chi connectivity index (χ4v) is 6.08. The van der Waals surface area contributed by atoms with E-state index in [0.29, 0.717) is 13.0 Å². The van der Waals surface area contributed by atoms with Crippen LogP contribution in [0.2, 0.25) is 0 Å². The number of carbonyl (C=O) groups excluding carboxylic acids is 1. The quantitative estimate of drug-likeness (QED) is 0.0390. The third kappa shape index (κ3) is 42.4. The van der Waals surface area contributed by atoms with Crippen LogP contribution in [0, 0.1) is 0 Å². The van der Waals surface area contributed by atoms with Crippen molar-refractivity contribution < 1.29 is 19.4 Å². The lowest BCUT2D eigenvalue weighted by Gasteiger charge is -2.15. The second-order valence-corrected chi connectivity index (χ2v) is 14.4. The minimum absolute atomic E-state index is 0.185. The highest BCUT2D eigenvalue weighted by atomic mass is 16.6. The van der Waals surface area contributed by atoms with E-state index < -0.39 is 6.10 Å². The molecule has 0 heterocycles. The monoisotopic (exact) mass is 713 g/mol. The predicted octanol–water partition coefficient (Wildman–Crippen LogP) is 14.4. The fourth-order valence-electron chi connectivity index (χ4n) is 6.08. The van der Waals surface area contributed by atoms with Gasteiger partial charge in [0.15, 0.2) is 0 Å². The van der Waals surface area contributed by atoms with Crippen LogP contribution < -0.4 is 0 Å². The van der Waals surface area contributed by atoms with Crippen LogP contribution in [0.4, 0.5) is 0 Å². The highest BCUT2D eigenvalue weighted by Crippen LogP contribution is 2.14. The Morgan fingerprint density at radius 3 is 1.33 bits per heavy atom. The van der Waals surface area contributed by atoms with Gasteiger partial charge in [-0.15, -0.1) is 0 Å². The van der Waals surface area contributed by atoms with Crippen molar-refractivity contribution in [3.05, 3.63) is 60.8 Å². The van der Waals surface area contributed by atoms with Gasteiger partial charge >= 0.3 is 5.97 Å². The summed E-state index contributed by atoms with van der Waals surface area (Å²) in [5, 5.41) is 9.58. The first kappa shape index (κ1) is 49.1. The van der Waals surface area contributed by atoms with E-state index in [1.165, 1.54) is 128 Å². The summed E-state index contributed by atoms with van der Waals surface area (Å²) in [6.45, 7) is 5.19. The Morgan fingerprint density at radius 1 is 0.490 bits per heavy atom. The molecule has 1 unspecified atom stereocenters. The van der Waals surface area contributed by atoms with Crippen molar-refractivity contribution in [2.24, 2.45) is 0 Å². The second-order valence-electron chi connectivity index (χ2n) is 14.4. The molecule has 0 saturated carbocycles. The molecule has 0 spiro atoms. The summed E-state index contributed by atoms with van der Waals surface area (Å²) in [4.78, 5) is 12.2. The van der Waals surface area contributed by atoms with E-state index >= 15 is 0 Å². The van der Waals surface area contributed by atoms with E-state index in [-0.39, 0.29) is 19.2 Å². The maximum Gasteiger partial charge on any atom is 0.306 e. The molecule has 0 aliphatic rings. The van der Waals surface area contributed by atoms with Gasteiger partial charge in [0, 0.05) is 13.0 Å². The number of allylic oxidation sites excluding steroid dienone is 10. The Bertz CT molecular complexity index is 839. The van der Waals surface area contributed by atoms with Crippen LogP contribution >= 0.6 is 0 Å². The molecule has 1 atom stereocenters. The number of hydrogen-bond acceptors (Lipinski definition) is 4. The van der Waals surface area contributed by atoms with Crippen LogP contribution in [-0.2, 0) is 14.3 Å². The van der Waals surface area contributed by atoms with Crippen molar-refractivity contribution in [1.82, 2.24) is 0 Å². The van der Waals surface area contributed by atoms with E-state index in [2.05, 4.69) is 74.6 Å². The first-order chi connectivity index (χ1) is 25.2. The molecular formula is C47H84O4. The average molecular weight is 713 g/mol. The number of carbonyl (C=O) groups is 1. The van der Waals surface area contributed by atoms with Crippen LogP contribution in [0.5, 0.6) is 0 Å². The van der Waals surface area contributed by atoms with Crippen LogP contribution in [0.15, 0.2) is 60.8 Å². The smallest absolute Gasteiger partial charge is 0.306 e. The van der Waals surface area contributed by atoms with E-state index in [1.807, 2.05) is 0 Å². The summed E-state index contributed by atoms with van der Waals surface area (Å²) in [5.41, 5.74) is 0. The maximum atomic E-state index is 12.2. The lowest BCUT2D eigenvalue weighted by molar-refractivity contribution is -0.154. The summed E-state index contributed by atoms with van der Waals surface area (Å²) in [6, 6.07) is 0. The van der Waals surface area contributed by atoms with Gasteiger partial charge in [-0.3, -0.25) is 4.79 Å². The number of rotatable bonds is 40. The minimum atomic E-state index is -0.550. The van der Waals surface area contributed by atoms with Gasteiger partial charge in [-0.25, -0.2) is 0 Å². The molecule has 0 aliphatic carbocycles. The zero-order chi connectivity index (χ0) is 37.0. The summed E-state index contributed by atoms with van der Waals surface area (Å²) in [5.74, 6) is -0.230. The van der Waals surface area contributed by atoms with Gasteiger partial charge in [0.1, 0.15) is 6.10 Å². The van der Waals surface area contributed by atoms with Crippen LogP contribution in [0.1, 0.15) is 206 Å². The topological polar surface area (TPSA) is 55.8 Å². The SMILES string of the molecule is CC/C=C\C/C=C\C/C=C\CCCCCC(=O)OC(CO)COCCCCCCCCCCCCCCCC/C=C\C/C=C\CCCCCCC.